The Balaban J connectivity index is 1.77. The lowest BCUT2D eigenvalue weighted by Crippen LogP contribution is -2.38. The summed E-state index contributed by atoms with van der Waals surface area (Å²) in [5.74, 6) is 0.507. The Morgan fingerprint density at radius 2 is 1.22 bits per heavy atom. The zero-order valence-electron chi connectivity index (χ0n) is 21.8. The number of benzene rings is 3. The second-order valence-electron chi connectivity index (χ2n) is 9.36. The molecule has 0 bridgehead atoms. The molecule has 0 saturated heterocycles. The van der Waals surface area contributed by atoms with Crippen molar-refractivity contribution in [3.63, 3.8) is 0 Å². The quantitative estimate of drug-likeness (QED) is 0.156. The average Bonchev–Trinajstić information content (AvgIpc) is 3.34. The first-order valence-corrected chi connectivity index (χ1v) is 14.3. The van der Waals surface area contributed by atoms with Gasteiger partial charge in [0.15, 0.2) is 5.82 Å². The smallest absolute Gasteiger partial charge is 0.306 e. The first-order valence-electron chi connectivity index (χ1n) is 12.5. The van der Waals surface area contributed by atoms with E-state index in [-0.39, 0.29) is 18.4 Å². The van der Waals surface area contributed by atoms with E-state index in [9.17, 15) is 4.57 Å². The molecule has 6 nitrogen and oxygen atoms in total. The highest BCUT2D eigenvalue weighted by Gasteiger charge is 2.39. The molecule has 0 spiro atoms. The molecule has 4 aromatic rings. The van der Waals surface area contributed by atoms with Crippen molar-refractivity contribution in [3.8, 4) is 0 Å². The second kappa shape index (κ2) is 11.8. The molecule has 1 heterocycles. The van der Waals surface area contributed by atoms with Gasteiger partial charge in [0.25, 0.3) is 0 Å². The standard InChI is InChI=1S/C30H34N3O3P/c1-24(2)35-37(34,36-25(3)4)22-14-21-29-31-23-33(32-29)30(26-15-8-5-9-16-26,27-17-10-6-11-18-27)28-19-12-7-13-20-28/h5-21,23-25H,22H2,1-4H3. The van der Waals surface area contributed by atoms with Gasteiger partial charge in [-0.2, -0.15) is 5.10 Å². The minimum Gasteiger partial charge on any atom is -0.306 e. The molecule has 0 atom stereocenters. The Labute approximate surface area is 219 Å². The molecule has 7 heteroatoms. The zero-order chi connectivity index (χ0) is 26.3. The summed E-state index contributed by atoms with van der Waals surface area (Å²) in [6.45, 7) is 7.39. The maximum absolute atomic E-state index is 13.2. The highest BCUT2D eigenvalue weighted by molar-refractivity contribution is 7.54. The molecule has 0 aliphatic heterocycles. The minimum atomic E-state index is -3.29. The lowest BCUT2D eigenvalue weighted by Gasteiger charge is -2.35. The Hall–Kier alpha value is -3.31. The number of hydrogen-bond donors (Lipinski definition) is 0. The largest absolute Gasteiger partial charge is 0.334 e. The van der Waals surface area contributed by atoms with Crippen LogP contribution in [0.25, 0.3) is 6.08 Å². The molecule has 0 radical (unpaired) electrons. The summed E-state index contributed by atoms with van der Waals surface area (Å²) in [5.41, 5.74) is 2.45. The van der Waals surface area contributed by atoms with Crippen LogP contribution >= 0.6 is 7.60 Å². The van der Waals surface area contributed by atoms with Crippen LogP contribution in [0.1, 0.15) is 50.2 Å². The predicted octanol–water partition coefficient (Wildman–Crippen LogP) is 7.17. The Morgan fingerprint density at radius 1 is 0.784 bits per heavy atom. The fourth-order valence-electron chi connectivity index (χ4n) is 4.49. The van der Waals surface area contributed by atoms with Crippen LogP contribution in [-0.4, -0.2) is 33.1 Å². The first-order chi connectivity index (χ1) is 17.8. The molecule has 0 amide bonds. The van der Waals surface area contributed by atoms with E-state index in [1.165, 1.54) is 0 Å². The normalized spacial score (nSPS) is 12.6. The van der Waals surface area contributed by atoms with Gasteiger partial charge >= 0.3 is 7.60 Å². The summed E-state index contributed by atoms with van der Waals surface area (Å²) in [4.78, 5) is 4.59. The third kappa shape index (κ3) is 6.16. The van der Waals surface area contributed by atoms with Gasteiger partial charge < -0.3 is 9.05 Å². The van der Waals surface area contributed by atoms with Crippen molar-refractivity contribution < 1.29 is 13.6 Å². The second-order valence-corrected chi connectivity index (χ2v) is 11.4. The fourth-order valence-corrected chi connectivity index (χ4v) is 6.36. The molecule has 192 valence electrons. The van der Waals surface area contributed by atoms with Crippen LogP contribution < -0.4 is 0 Å². The number of allylic oxidation sites excluding steroid dienone is 1. The first kappa shape index (κ1) is 26.7. The summed E-state index contributed by atoms with van der Waals surface area (Å²) < 4.78 is 26.4. The molecule has 37 heavy (non-hydrogen) atoms. The summed E-state index contributed by atoms with van der Waals surface area (Å²) >= 11 is 0. The van der Waals surface area contributed by atoms with Crippen molar-refractivity contribution in [2.75, 3.05) is 6.16 Å². The monoisotopic (exact) mass is 515 g/mol. The van der Waals surface area contributed by atoms with Crippen molar-refractivity contribution in [1.82, 2.24) is 14.8 Å². The number of rotatable bonds is 11. The maximum Gasteiger partial charge on any atom is 0.334 e. The minimum absolute atomic E-state index is 0.138. The summed E-state index contributed by atoms with van der Waals surface area (Å²) in [6, 6.07) is 30.9. The molecule has 0 aliphatic carbocycles. The molecule has 0 saturated carbocycles. The maximum atomic E-state index is 13.2. The average molecular weight is 516 g/mol. The number of hydrogen-bond acceptors (Lipinski definition) is 5. The Bertz CT molecular complexity index is 1230. The van der Waals surface area contributed by atoms with Gasteiger partial charge in [0.1, 0.15) is 11.9 Å². The summed E-state index contributed by atoms with van der Waals surface area (Å²) in [7, 11) is -3.29. The molecule has 4 rings (SSSR count). The molecule has 0 unspecified atom stereocenters. The van der Waals surface area contributed by atoms with Gasteiger partial charge in [0.2, 0.25) is 0 Å². The van der Waals surface area contributed by atoms with Gasteiger partial charge in [-0.3, -0.25) is 4.57 Å². The predicted molar refractivity (Wildman–Crippen MR) is 149 cm³/mol. The Kier molecular flexibility index (Phi) is 8.55. The lowest BCUT2D eigenvalue weighted by molar-refractivity contribution is 0.144. The van der Waals surface area contributed by atoms with Crippen LogP contribution in [0.15, 0.2) is 103 Å². The summed E-state index contributed by atoms with van der Waals surface area (Å²) in [6.07, 6.45) is 5.00. The van der Waals surface area contributed by atoms with Gasteiger partial charge in [0.05, 0.1) is 18.4 Å². The highest BCUT2D eigenvalue weighted by Crippen LogP contribution is 2.50. The van der Waals surface area contributed by atoms with Crippen LogP contribution in [0, 0.1) is 0 Å². The van der Waals surface area contributed by atoms with Gasteiger partial charge in [-0.25, -0.2) is 9.67 Å². The van der Waals surface area contributed by atoms with Gasteiger partial charge in [-0.05, 0) is 50.5 Å². The molecular weight excluding hydrogens is 481 g/mol. The topological polar surface area (TPSA) is 66.2 Å². The van der Waals surface area contributed by atoms with E-state index in [1.54, 1.807) is 18.5 Å². The number of aromatic nitrogens is 3. The van der Waals surface area contributed by atoms with Crippen molar-refractivity contribution in [3.05, 3.63) is 126 Å². The van der Waals surface area contributed by atoms with Gasteiger partial charge in [0, 0.05) is 0 Å². The van der Waals surface area contributed by atoms with E-state index < -0.39 is 13.1 Å². The SMILES string of the molecule is CC(C)OP(=O)(CC=Cc1ncn(C(c2ccccc2)(c2ccccc2)c2ccccc2)n1)OC(C)C. The third-order valence-corrected chi connectivity index (χ3v) is 7.91. The molecule has 3 aromatic carbocycles. The molecule has 0 N–H and O–H groups in total. The van der Waals surface area contributed by atoms with Crippen LogP contribution in [0.2, 0.25) is 0 Å². The molecule has 0 aliphatic rings. The van der Waals surface area contributed by atoms with E-state index in [1.807, 2.05) is 87.0 Å². The Morgan fingerprint density at radius 3 is 1.62 bits per heavy atom. The zero-order valence-corrected chi connectivity index (χ0v) is 22.7. The fraction of sp³-hybridized carbons (Fsp3) is 0.267. The van der Waals surface area contributed by atoms with Crippen LogP contribution in [0.3, 0.4) is 0 Å². The van der Waals surface area contributed by atoms with Crippen molar-refractivity contribution in [2.45, 2.75) is 45.4 Å². The summed E-state index contributed by atoms with van der Waals surface area (Å²) in [5, 5.41) is 4.90. The van der Waals surface area contributed by atoms with Crippen LogP contribution in [0.4, 0.5) is 0 Å². The number of nitrogens with zero attached hydrogens (tertiary/aromatic N) is 3. The van der Waals surface area contributed by atoms with E-state index in [0.29, 0.717) is 5.82 Å². The molecule has 0 fully saturated rings. The lowest BCUT2D eigenvalue weighted by atomic mass is 9.77. The van der Waals surface area contributed by atoms with Crippen molar-refractivity contribution in [1.29, 1.82) is 0 Å². The van der Waals surface area contributed by atoms with Crippen LogP contribution in [-0.2, 0) is 19.2 Å². The van der Waals surface area contributed by atoms with E-state index in [0.717, 1.165) is 16.7 Å². The highest BCUT2D eigenvalue weighted by atomic mass is 31.2. The molecule has 1 aromatic heterocycles. The van der Waals surface area contributed by atoms with E-state index in [2.05, 4.69) is 41.4 Å². The van der Waals surface area contributed by atoms with Gasteiger partial charge in [-0.1, -0.05) is 97.1 Å². The van der Waals surface area contributed by atoms with Crippen molar-refractivity contribution in [2.24, 2.45) is 0 Å². The van der Waals surface area contributed by atoms with Crippen molar-refractivity contribution >= 4 is 13.7 Å². The van der Waals surface area contributed by atoms with Gasteiger partial charge in [-0.15, -0.1) is 0 Å². The van der Waals surface area contributed by atoms with Crippen LogP contribution in [0.5, 0.6) is 0 Å². The van der Waals surface area contributed by atoms with E-state index in [4.69, 9.17) is 14.1 Å². The third-order valence-electron chi connectivity index (χ3n) is 5.77. The van der Waals surface area contributed by atoms with E-state index >= 15 is 0 Å². The molecular formula is C30H34N3O3P.